The lowest BCUT2D eigenvalue weighted by Crippen LogP contribution is -2.32. The van der Waals surface area contributed by atoms with E-state index >= 15 is 0 Å². The SMILES string of the molecule is CCn1c(S)nnc1C(Cc1ccccc1)NS(=O)(=O)c1ccc(Cl)cc1. The molecule has 1 unspecified atom stereocenters. The smallest absolute Gasteiger partial charge is 0.241 e. The second-order valence-electron chi connectivity index (χ2n) is 5.92. The van der Waals surface area contributed by atoms with E-state index in [-0.39, 0.29) is 4.90 Å². The van der Waals surface area contributed by atoms with Crippen molar-refractivity contribution in [1.29, 1.82) is 0 Å². The standard InChI is InChI=1S/C18H19ClN4O2S2/c1-2-23-17(20-21-18(23)26)16(12-13-6-4-3-5-7-13)22-27(24,25)15-10-8-14(19)9-11-15/h3-11,16,22H,2,12H2,1H3,(H,21,26). The van der Waals surface area contributed by atoms with E-state index in [0.717, 1.165) is 5.56 Å². The Morgan fingerprint density at radius 2 is 1.78 bits per heavy atom. The molecule has 142 valence electrons. The zero-order valence-corrected chi connectivity index (χ0v) is 17.0. The first kappa shape index (κ1) is 19.9. The summed E-state index contributed by atoms with van der Waals surface area (Å²) >= 11 is 10.2. The van der Waals surface area contributed by atoms with Crippen molar-refractivity contribution in [3.05, 3.63) is 71.0 Å². The molecular weight excluding hydrogens is 404 g/mol. The van der Waals surface area contributed by atoms with E-state index in [1.54, 1.807) is 16.7 Å². The van der Waals surface area contributed by atoms with E-state index in [1.165, 1.54) is 12.1 Å². The molecule has 1 atom stereocenters. The molecule has 1 aromatic heterocycles. The predicted octanol–water partition coefficient (Wildman–Crippen LogP) is 3.50. The number of sulfonamides is 1. The molecule has 0 aliphatic carbocycles. The molecule has 3 rings (SSSR count). The Bertz CT molecular complexity index is 1010. The fourth-order valence-corrected chi connectivity index (χ4v) is 4.38. The fraction of sp³-hybridized carbons (Fsp3) is 0.222. The summed E-state index contributed by atoms with van der Waals surface area (Å²) in [6.45, 7) is 2.51. The molecule has 9 heteroatoms. The van der Waals surface area contributed by atoms with Crippen LogP contribution < -0.4 is 4.72 Å². The van der Waals surface area contributed by atoms with Gasteiger partial charge in [0.25, 0.3) is 0 Å². The molecule has 0 fully saturated rings. The van der Waals surface area contributed by atoms with E-state index in [2.05, 4.69) is 27.5 Å². The molecule has 0 radical (unpaired) electrons. The molecule has 0 saturated carbocycles. The van der Waals surface area contributed by atoms with Crippen LogP contribution in [-0.4, -0.2) is 23.2 Å². The van der Waals surface area contributed by atoms with E-state index in [1.807, 2.05) is 37.3 Å². The van der Waals surface area contributed by atoms with Gasteiger partial charge in [-0.2, -0.15) is 0 Å². The number of nitrogens with one attached hydrogen (secondary N) is 1. The largest absolute Gasteiger partial charge is 0.305 e. The van der Waals surface area contributed by atoms with Crippen LogP contribution in [0, 0.1) is 0 Å². The van der Waals surface area contributed by atoms with Gasteiger partial charge < -0.3 is 4.57 Å². The molecule has 0 aliphatic heterocycles. The summed E-state index contributed by atoms with van der Waals surface area (Å²) < 4.78 is 30.3. The van der Waals surface area contributed by atoms with Crippen molar-refractivity contribution >= 4 is 34.3 Å². The van der Waals surface area contributed by atoms with Crippen LogP contribution in [0.3, 0.4) is 0 Å². The molecule has 0 bridgehead atoms. The number of hydrogen-bond donors (Lipinski definition) is 2. The first-order valence-corrected chi connectivity index (χ1v) is 10.7. The van der Waals surface area contributed by atoms with Crippen LogP contribution in [0.2, 0.25) is 5.02 Å². The fourth-order valence-electron chi connectivity index (χ4n) is 2.77. The van der Waals surface area contributed by atoms with Gasteiger partial charge in [-0.25, -0.2) is 13.1 Å². The van der Waals surface area contributed by atoms with Crippen LogP contribution in [0.25, 0.3) is 0 Å². The number of aromatic nitrogens is 3. The lowest BCUT2D eigenvalue weighted by Gasteiger charge is -2.19. The summed E-state index contributed by atoms with van der Waals surface area (Å²) in [6, 6.07) is 15.1. The van der Waals surface area contributed by atoms with Crippen LogP contribution in [0.15, 0.2) is 64.6 Å². The summed E-state index contributed by atoms with van der Waals surface area (Å²) in [6.07, 6.45) is 0.430. The summed E-state index contributed by atoms with van der Waals surface area (Å²) in [5.41, 5.74) is 0.979. The molecule has 1 heterocycles. The van der Waals surface area contributed by atoms with E-state index in [0.29, 0.717) is 29.0 Å². The van der Waals surface area contributed by atoms with Gasteiger partial charge >= 0.3 is 0 Å². The third-order valence-electron chi connectivity index (χ3n) is 4.09. The molecule has 6 nitrogen and oxygen atoms in total. The minimum atomic E-state index is -3.77. The van der Waals surface area contributed by atoms with Crippen LogP contribution in [-0.2, 0) is 23.0 Å². The topological polar surface area (TPSA) is 76.9 Å². The average Bonchev–Trinajstić information content (AvgIpc) is 3.03. The summed E-state index contributed by atoms with van der Waals surface area (Å²) in [7, 11) is -3.77. The Morgan fingerprint density at radius 3 is 2.41 bits per heavy atom. The Kier molecular flexibility index (Phi) is 6.21. The van der Waals surface area contributed by atoms with Crippen molar-refractivity contribution in [3.8, 4) is 0 Å². The van der Waals surface area contributed by atoms with Crippen molar-refractivity contribution in [2.75, 3.05) is 0 Å². The zero-order chi connectivity index (χ0) is 19.4. The Morgan fingerprint density at radius 1 is 1.11 bits per heavy atom. The number of rotatable bonds is 7. The van der Waals surface area contributed by atoms with Gasteiger partial charge in [0.15, 0.2) is 11.0 Å². The van der Waals surface area contributed by atoms with Gasteiger partial charge in [0.05, 0.1) is 10.9 Å². The van der Waals surface area contributed by atoms with Crippen molar-refractivity contribution in [2.45, 2.75) is 36.0 Å². The Labute approximate surface area is 169 Å². The van der Waals surface area contributed by atoms with Gasteiger partial charge in [0.2, 0.25) is 10.0 Å². The van der Waals surface area contributed by atoms with Crippen LogP contribution >= 0.6 is 24.2 Å². The van der Waals surface area contributed by atoms with Gasteiger partial charge in [0.1, 0.15) is 0 Å². The van der Waals surface area contributed by atoms with Gasteiger partial charge in [-0.15, -0.1) is 22.8 Å². The highest BCUT2D eigenvalue weighted by Gasteiger charge is 2.26. The van der Waals surface area contributed by atoms with Crippen LogP contribution in [0.5, 0.6) is 0 Å². The Hall–Kier alpha value is -1.87. The highest BCUT2D eigenvalue weighted by molar-refractivity contribution is 7.89. The van der Waals surface area contributed by atoms with E-state index < -0.39 is 16.1 Å². The van der Waals surface area contributed by atoms with Crippen molar-refractivity contribution in [1.82, 2.24) is 19.5 Å². The summed E-state index contributed by atoms with van der Waals surface area (Å²) in [4.78, 5) is 0.138. The minimum Gasteiger partial charge on any atom is -0.305 e. The minimum absolute atomic E-state index is 0.138. The number of halogens is 1. The molecule has 1 N–H and O–H groups in total. The van der Waals surface area contributed by atoms with Gasteiger partial charge in [0, 0.05) is 11.6 Å². The monoisotopic (exact) mass is 422 g/mol. The summed E-state index contributed by atoms with van der Waals surface area (Å²) in [5.74, 6) is 0.517. The normalized spacial score (nSPS) is 12.9. The zero-order valence-electron chi connectivity index (χ0n) is 14.6. The van der Waals surface area contributed by atoms with Crippen molar-refractivity contribution in [2.24, 2.45) is 0 Å². The van der Waals surface area contributed by atoms with Crippen LogP contribution in [0.4, 0.5) is 0 Å². The Balaban J connectivity index is 1.97. The van der Waals surface area contributed by atoms with Gasteiger partial charge in [-0.05, 0) is 43.2 Å². The molecule has 27 heavy (non-hydrogen) atoms. The average molecular weight is 423 g/mol. The second-order valence-corrected chi connectivity index (χ2v) is 8.47. The van der Waals surface area contributed by atoms with Gasteiger partial charge in [-0.3, -0.25) is 0 Å². The van der Waals surface area contributed by atoms with Crippen LogP contribution in [0.1, 0.15) is 24.4 Å². The highest BCUT2D eigenvalue weighted by atomic mass is 35.5. The highest BCUT2D eigenvalue weighted by Crippen LogP contribution is 2.23. The lowest BCUT2D eigenvalue weighted by molar-refractivity contribution is 0.518. The molecule has 2 aromatic carbocycles. The number of nitrogens with zero attached hydrogens (tertiary/aromatic N) is 3. The first-order valence-electron chi connectivity index (χ1n) is 8.34. The molecule has 0 amide bonds. The molecule has 0 saturated heterocycles. The third kappa shape index (κ3) is 4.70. The maximum absolute atomic E-state index is 12.9. The maximum Gasteiger partial charge on any atom is 0.241 e. The molecule has 0 aliphatic rings. The van der Waals surface area contributed by atoms with Crippen molar-refractivity contribution in [3.63, 3.8) is 0 Å². The maximum atomic E-state index is 12.9. The quantitative estimate of drug-likeness (QED) is 0.571. The van der Waals surface area contributed by atoms with Gasteiger partial charge in [-0.1, -0.05) is 41.9 Å². The molecular formula is C18H19ClN4O2S2. The third-order valence-corrected chi connectivity index (χ3v) is 6.16. The lowest BCUT2D eigenvalue weighted by atomic mass is 10.1. The number of benzene rings is 2. The first-order chi connectivity index (χ1) is 12.9. The number of hydrogen-bond acceptors (Lipinski definition) is 5. The summed E-state index contributed by atoms with van der Waals surface area (Å²) in [5, 5.41) is 9.07. The van der Waals surface area contributed by atoms with E-state index in [9.17, 15) is 8.42 Å². The molecule has 0 spiro atoms. The van der Waals surface area contributed by atoms with E-state index in [4.69, 9.17) is 11.6 Å². The second kappa shape index (κ2) is 8.43. The molecule has 3 aromatic rings. The predicted molar refractivity (Wildman–Crippen MR) is 108 cm³/mol. The number of thiol groups is 1. The van der Waals surface area contributed by atoms with Crippen molar-refractivity contribution < 1.29 is 8.42 Å².